The molecular weight excluding hydrogens is 196 g/mol. The Labute approximate surface area is 89.1 Å². The first-order chi connectivity index (χ1) is 7.10. The third kappa shape index (κ3) is 3.23. The lowest BCUT2D eigenvalue weighted by molar-refractivity contribution is -0.142. The molecule has 1 atom stereocenters. The van der Waals surface area contributed by atoms with Crippen LogP contribution < -0.4 is 0 Å². The minimum absolute atomic E-state index is 0.327. The molecule has 1 unspecified atom stereocenters. The third-order valence-electron chi connectivity index (χ3n) is 2.27. The van der Waals surface area contributed by atoms with E-state index in [4.69, 9.17) is 9.47 Å². The second-order valence-electron chi connectivity index (χ2n) is 3.51. The Balaban J connectivity index is 2.74. The van der Waals surface area contributed by atoms with Gasteiger partial charge >= 0.3 is 0 Å². The van der Waals surface area contributed by atoms with Gasteiger partial charge in [0.25, 0.3) is 0 Å². The van der Waals surface area contributed by atoms with Gasteiger partial charge in [0.1, 0.15) is 6.33 Å². The maximum Gasteiger partial charge on any atom is 0.159 e. The van der Waals surface area contributed by atoms with Gasteiger partial charge in [-0.25, -0.2) is 9.97 Å². The Bertz CT molecular complexity index is 286. The van der Waals surface area contributed by atoms with E-state index in [0.29, 0.717) is 12.0 Å². The number of hydrogen-bond donors (Lipinski definition) is 1. The van der Waals surface area contributed by atoms with E-state index >= 15 is 0 Å². The normalized spacial score (nSPS) is 15.3. The molecule has 0 fully saturated rings. The molecule has 1 heterocycles. The quantitative estimate of drug-likeness (QED) is 0.727. The minimum atomic E-state index is -1.06. The summed E-state index contributed by atoms with van der Waals surface area (Å²) in [4.78, 5) is 7.71. The van der Waals surface area contributed by atoms with Gasteiger partial charge in [0.15, 0.2) is 6.29 Å². The van der Waals surface area contributed by atoms with Crippen molar-refractivity contribution in [3.05, 3.63) is 24.3 Å². The fraction of sp³-hybridized carbons (Fsp3) is 0.600. The Kier molecular flexibility index (Phi) is 4.14. The first-order valence-corrected chi connectivity index (χ1v) is 4.63. The van der Waals surface area contributed by atoms with E-state index in [9.17, 15) is 5.11 Å². The molecule has 0 aliphatic carbocycles. The van der Waals surface area contributed by atoms with Crippen LogP contribution in [0.2, 0.25) is 0 Å². The number of aliphatic hydroxyl groups is 1. The largest absolute Gasteiger partial charge is 0.385 e. The Morgan fingerprint density at radius 1 is 1.33 bits per heavy atom. The number of hydrogen-bond acceptors (Lipinski definition) is 5. The van der Waals surface area contributed by atoms with Crippen LogP contribution in [0.4, 0.5) is 0 Å². The lowest BCUT2D eigenvalue weighted by Crippen LogP contribution is -2.29. The highest BCUT2D eigenvalue weighted by Gasteiger charge is 2.28. The van der Waals surface area contributed by atoms with Crippen molar-refractivity contribution in [2.24, 2.45) is 0 Å². The summed E-state index contributed by atoms with van der Waals surface area (Å²) in [6, 6.07) is 0. The van der Waals surface area contributed by atoms with Crippen LogP contribution in [0.25, 0.3) is 0 Å². The summed E-state index contributed by atoms with van der Waals surface area (Å²) in [5.74, 6) is 0. The zero-order chi connectivity index (χ0) is 11.3. The predicted octanol–water partition coefficient (Wildman–Crippen LogP) is 0.693. The summed E-state index contributed by atoms with van der Waals surface area (Å²) < 4.78 is 10.1. The van der Waals surface area contributed by atoms with Gasteiger partial charge in [-0.3, -0.25) is 0 Å². The van der Waals surface area contributed by atoms with Crippen LogP contribution in [0.3, 0.4) is 0 Å². The predicted molar refractivity (Wildman–Crippen MR) is 54.0 cm³/mol. The lowest BCUT2D eigenvalue weighted by Gasteiger charge is -2.26. The van der Waals surface area contributed by atoms with Crippen molar-refractivity contribution in [1.82, 2.24) is 9.97 Å². The molecular formula is C10H16N2O3. The monoisotopic (exact) mass is 212 g/mol. The highest BCUT2D eigenvalue weighted by atomic mass is 16.7. The van der Waals surface area contributed by atoms with Crippen LogP contribution in [0, 0.1) is 0 Å². The summed E-state index contributed by atoms with van der Waals surface area (Å²) in [6.07, 6.45) is 4.46. The van der Waals surface area contributed by atoms with Gasteiger partial charge in [0, 0.05) is 38.6 Å². The van der Waals surface area contributed by atoms with Gasteiger partial charge in [0.2, 0.25) is 0 Å². The van der Waals surface area contributed by atoms with Crippen molar-refractivity contribution in [1.29, 1.82) is 0 Å². The average molecular weight is 212 g/mol. The van der Waals surface area contributed by atoms with Crippen molar-refractivity contribution in [2.45, 2.75) is 25.2 Å². The third-order valence-corrected chi connectivity index (χ3v) is 2.27. The summed E-state index contributed by atoms with van der Waals surface area (Å²) in [5.41, 5.74) is -0.415. The van der Waals surface area contributed by atoms with E-state index < -0.39 is 11.9 Å². The fourth-order valence-corrected chi connectivity index (χ4v) is 1.28. The van der Waals surface area contributed by atoms with E-state index in [1.165, 1.54) is 20.5 Å². The molecule has 5 nitrogen and oxygen atoms in total. The molecule has 0 amide bonds. The molecule has 1 aromatic rings. The number of methoxy groups -OCH3 is 2. The van der Waals surface area contributed by atoms with Gasteiger partial charge < -0.3 is 14.6 Å². The number of ether oxygens (including phenoxy) is 2. The summed E-state index contributed by atoms with van der Waals surface area (Å²) in [7, 11) is 3.07. The molecule has 0 saturated carbocycles. The van der Waals surface area contributed by atoms with E-state index in [-0.39, 0.29) is 0 Å². The highest BCUT2D eigenvalue weighted by molar-refractivity contribution is 5.12. The van der Waals surface area contributed by atoms with Gasteiger partial charge in [-0.2, -0.15) is 0 Å². The van der Waals surface area contributed by atoms with Crippen molar-refractivity contribution in [2.75, 3.05) is 14.2 Å². The number of aromatic nitrogens is 2. The van der Waals surface area contributed by atoms with Gasteiger partial charge in [-0.15, -0.1) is 0 Å². The van der Waals surface area contributed by atoms with Crippen LogP contribution in [0.5, 0.6) is 0 Å². The Morgan fingerprint density at radius 2 is 1.87 bits per heavy atom. The topological polar surface area (TPSA) is 64.5 Å². The summed E-state index contributed by atoms with van der Waals surface area (Å²) in [6.45, 7) is 1.68. The molecule has 0 bridgehead atoms. The standard InChI is InChI=1S/C10H16N2O3/c1-10(13,4-9(14-2)15-3)8-5-11-7-12-6-8/h5-7,9,13H,4H2,1-3H3. The molecule has 15 heavy (non-hydrogen) atoms. The van der Waals surface area contributed by atoms with Crippen LogP contribution in [0.15, 0.2) is 18.7 Å². The maximum absolute atomic E-state index is 10.2. The molecule has 0 aliphatic heterocycles. The van der Waals surface area contributed by atoms with Crippen molar-refractivity contribution < 1.29 is 14.6 Å². The van der Waals surface area contributed by atoms with Crippen LogP contribution in [0.1, 0.15) is 18.9 Å². The zero-order valence-electron chi connectivity index (χ0n) is 9.17. The minimum Gasteiger partial charge on any atom is -0.385 e. The first-order valence-electron chi connectivity index (χ1n) is 4.63. The molecule has 0 aliphatic rings. The second-order valence-corrected chi connectivity index (χ2v) is 3.51. The van der Waals surface area contributed by atoms with Gasteiger partial charge in [0.05, 0.1) is 5.60 Å². The number of rotatable bonds is 5. The van der Waals surface area contributed by atoms with Crippen LogP contribution in [-0.4, -0.2) is 35.6 Å². The molecule has 1 aromatic heterocycles. The Morgan fingerprint density at radius 3 is 2.33 bits per heavy atom. The van der Waals surface area contributed by atoms with E-state index in [1.807, 2.05) is 0 Å². The molecule has 0 spiro atoms. The summed E-state index contributed by atoms with van der Waals surface area (Å²) in [5, 5.41) is 10.2. The lowest BCUT2D eigenvalue weighted by atomic mass is 9.95. The fourth-order valence-electron chi connectivity index (χ4n) is 1.28. The first kappa shape index (κ1) is 12.0. The molecule has 0 saturated heterocycles. The second kappa shape index (κ2) is 5.16. The molecule has 5 heteroatoms. The number of nitrogens with zero attached hydrogens (tertiary/aromatic N) is 2. The smallest absolute Gasteiger partial charge is 0.159 e. The Hall–Kier alpha value is -1.04. The molecule has 0 aromatic carbocycles. The van der Waals surface area contributed by atoms with E-state index in [0.717, 1.165) is 0 Å². The molecule has 1 N–H and O–H groups in total. The molecule has 0 radical (unpaired) electrons. The molecule has 84 valence electrons. The highest BCUT2D eigenvalue weighted by Crippen LogP contribution is 2.25. The van der Waals surface area contributed by atoms with Crippen molar-refractivity contribution in [3.63, 3.8) is 0 Å². The van der Waals surface area contributed by atoms with E-state index in [2.05, 4.69) is 9.97 Å². The van der Waals surface area contributed by atoms with E-state index in [1.54, 1.807) is 19.3 Å². The maximum atomic E-state index is 10.2. The van der Waals surface area contributed by atoms with Gasteiger partial charge in [-0.1, -0.05) is 0 Å². The van der Waals surface area contributed by atoms with Crippen molar-refractivity contribution >= 4 is 0 Å². The summed E-state index contributed by atoms with van der Waals surface area (Å²) >= 11 is 0. The van der Waals surface area contributed by atoms with Crippen LogP contribution in [-0.2, 0) is 15.1 Å². The van der Waals surface area contributed by atoms with Crippen LogP contribution >= 0.6 is 0 Å². The molecule has 1 rings (SSSR count). The average Bonchev–Trinajstić information content (AvgIpc) is 2.27. The van der Waals surface area contributed by atoms with Gasteiger partial charge in [-0.05, 0) is 6.92 Å². The SMILES string of the molecule is COC(CC(C)(O)c1cncnc1)OC. The zero-order valence-corrected chi connectivity index (χ0v) is 9.17. The van der Waals surface area contributed by atoms with Crippen molar-refractivity contribution in [3.8, 4) is 0 Å².